The molecule has 112 valence electrons. The lowest BCUT2D eigenvalue weighted by Crippen LogP contribution is -2.42. The Morgan fingerprint density at radius 1 is 1.45 bits per heavy atom. The molecule has 0 aromatic heterocycles. The van der Waals surface area contributed by atoms with Gasteiger partial charge in [-0.05, 0) is 45.4 Å². The van der Waals surface area contributed by atoms with E-state index in [1.165, 1.54) is 0 Å². The van der Waals surface area contributed by atoms with Crippen molar-refractivity contribution in [3.8, 4) is 0 Å². The van der Waals surface area contributed by atoms with E-state index in [0.717, 1.165) is 11.3 Å². The Balaban J connectivity index is 2.52. The molecular formula is C15H25N3O2. The summed E-state index contributed by atoms with van der Waals surface area (Å²) in [5, 5.41) is 5.59. The monoisotopic (exact) mass is 279 g/mol. The van der Waals surface area contributed by atoms with Gasteiger partial charge in [0.25, 0.3) is 0 Å². The first-order valence-electron chi connectivity index (χ1n) is 6.88. The van der Waals surface area contributed by atoms with Gasteiger partial charge in [-0.15, -0.1) is 0 Å². The normalized spacial score (nSPS) is 12.8. The number of carbonyl (C=O) groups excluding carboxylic acids is 1. The summed E-state index contributed by atoms with van der Waals surface area (Å²) in [5.41, 5.74) is 7.15. The number of anilines is 1. The highest BCUT2D eigenvalue weighted by Gasteiger charge is 2.18. The van der Waals surface area contributed by atoms with E-state index in [-0.39, 0.29) is 17.7 Å². The molecule has 0 radical (unpaired) electrons. The van der Waals surface area contributed by atoms with Crippen molar-refractivity contribution in [3.05, 3.63) is 29.8 Å². The van der Waals surface area contributed by atoms with E-state index < -0.39 is 0 Å². The van der Waals surface area contributed by atoms with Crippen LogP contribution in [0.25, 0.3) is 0 Å². The van der Waals surface area contributed by atoms with E-state index in [0.29, 0.717) is 13.2 Å². The first kappa shape index (κ1) is 16.5. The Morgan fingerprint density at radius 2 is 2.15 bits per heavy atom. The molecule has 1 aromatic carbocycles. The molecule has 1 aromatic rings. The van der Waals surface area contributed by atoms with Gasteiger partial charge in [-0.2, -0.15) is 0 Å². The van der Waals surface area contributed by atoms with E-state index >= 15 is 0 Å². The lowest BCUT2D eigenvalue weighted by Gasteiger charge is -2.24. The van der Waals surface area contributed by atoms with E-state index in [1.54, 1.807) is 0 Å². The highest BCUT2D eigenvalue weighted by Crippen LogP contribution is 2.15. The summed E-state index contributed by atoms with van der Waals surface area (Å²) in [6.45, 7) is 8.78. The fourth-order valence-corrected chi connectivity index (χ4v) is 1.81. The smallest absolute Gasteiger partial charge is 0.319 e. The number of carbonyl (C=O) groups is 1. The molecule has 2 amide bonds. The average molecular weight is 279 g/mol. The average Bonchev–Trinajstić information content (AvgIpc) is 2.37. The van der Waals surface area contributed by atoms with Crippen LogP contribution in [0.3, 0.4) is 0 Å². The molecule has 0 saturated heterocycles. The van der Waals surface area contributed by atoms with Gasteiger partial charge in [0, 0.05) is 24.9 Å². The highest BCUT2D eigenvalue weighted by atomic mass is 16.5. The predicted molar refractivity (Wildman–Crippen MR) is 81.8 cm³/mol. The molecule has 0 aliphatic carbocycles. The van der Waals surface area contributed by atoms with Crippen LogP contribution in [0.15, 0.2) is 24.3 Å². The Kier molecular flexibility index (Phi) is 5.98. The number of urea groups is 1. The van der Waals surface area contributed by atoms with Crippen molar-refractivity contribution in [2.75, 3.05) is 18.5 Å². The summed E-state index contributed by atoms with van der Waals surface area (Å²) in [4.78, 5) is 11.8. The minimum absolute atomic E-state index is 0.0586. The third-order valence-corrected chi connectivity index (χ3v) is 2.88. The number of amides is 2. The second-order valence-corrected chi connectivity index (χ2v) is 5.41. The van der Waals surface area contributed by atoms with Gasteiger partial charge in [0.2, 0.25) is 0 Å². The van der Waals surface area contributed by atoms with E-state index in [9.17, 15) is 4.79 Å². The molecule has 1 unspecified atom stereocenters. The Bertz CT molecular complexity index is 444. The van der Waals surface area contributed by atoms with Crippen LogP contribution in [0.2, 0.25) is 0 Å². The molecule has 5 nitrogen and oxygen atoms in total. The maximum Gasteiger partial charge on any atom is 0.319 e. The van der Waals surface area contributed by atoms with Crippen LogP contribution in [0.1, 0.15) is 39.3 Å². The van der Waals surface area contributed by atoms with Crippen molar-refractivity contribution in [2.24, 2.45) is 5.73 Å². The summed E-state index contributed by atoms with van der Waals surface area (Å²) in [5.74, 6) is 0. The Hall–Kier alpha value is -1.59. The first-order chi connectivity index (χ1) is 9.34. The number of hydrogen-bond acceptors (Lipinski definition) is 3. The Morgan fingerprint density at radius 3 is 2.75 bits per heavy atom. The van der Waals surface area contributed by atoms with Gasteiger partial charge < -0.3 is 21.1 Å². The number of hydrogen-bond donors (Lipinski definition) is 3. The number of nitrogens with one attached hydrogen (secondary N) is 2. The summed E-state index contributed by atoms with van der Waals surface area (Å²) >= 11 is 0. The van der Waals surface area contributed by atoms with Gasteiger partial charge in [0.05, 0.1) is 5.60 Å². The zero-order valence-corrected chi connectivity index (χ0v) is 12.7. The third kappa shape index (κ3) is 5.59. The maximum absolute atomic E-state index is 11.8. The second kappa shape index (κ2) is 7.26. The van der Waals surface area contributed by atoms with Gasteiger partial charge in [-0.3, -0.25) is 0 Å². The molecule has 0 bridgehead atoms. The van der Waals surface area contributed by atoms with Crippen molar-refractivity contribution >= 4 is 11.7 Å². The highest BCUT2D eigenvalue weighted by molar-refractivity contribution is 5.89. The molecule has 4 N–H and O–H groups in total. The van der Waals surface area contributed by atoms with Crippen LogP contribution in [0, 0.1) is 0 Å². The van der Waals surface area contributed by atoms with Crippen LogP contribution in [0.5, 0.6) is 0 Å². The molecule has 1 atom stereocenters. The van der Waals surface area contributed by atoms with E-state index in [1.807, 2.05) is 52.0 Å². The number of ether oxygens (including phenoxy) is 1. The molecule has 20 heavy (non-hydrogen) atoms. The van der Waals surface area contributed by atoms with Crippen molar-refractivity contribution in [3.63, 3.8) is 0 Å². The van der Waals surface area contributed by atoms with E-state index in [2.05, 4.69) is 10.6 Å². The zero-order valence-electron chi connectivity index (χ0n) is 12.7. The van der Waals surface area contributed by atoms with Crippen molar-refractivity contribution in [1.29, 1.82) is 0 Å². The van der Waals surface area contributed by atoms with Crippen LogP contribution in [-0.2, 0) is 4.74 Å². The van der Waals surface area contributed by atoms with E-state index in [4.69, 9.17) is 10.5 Å². The fraction of sp³-hybridized carbons (Fsp3) is 0.533. The van der Waals surface area contributed by atoms with Crippen LogP contribution >= 0.6 is 0 Å². The first-order valence-corrected chi connectivity index (χ1v) is 6.88. The fourth-order valence-electron chi connectivity index (χ4n) is 1.81. The van der Waals surface area contributed by atoms with Crippen molar-refractivity contribution < 1.29 is 9.53 Å². The van der Waals surface area contributed by atoms with Gasteiger partial charge in [0.15, 0.2) is 0 Å². The van der Waals surface area contributed by atoms with Crippen molar-refractivity contribution in [1.82, 2.24) is 5.32 Å². The zero-order chi connectivity index (χ0) is 15.2. The van der Waals surface area contributed by atoms with Crippen LogP contribution < -0.4 is 16.4 Å². The molecule has 0 aliphatic heterocycles. The number of nitrogens with two attached hydrogens (primary N) is 1. The summed E-state index contributed by atoms with van der Waals surface area (Å²) < 4.78 is 5.52. The van der Waals surface area contributed by atoms with Crippen LogP contribution in [-0.4, -0.2) is 24.8 Å². The number of benzene rings is 1. The minimum atomic E-state index is -0.375. The maximum atomic E-state index is 11.8. The van der Waals surface area contributed by atoms with Crippen LogP contribution in [0.4, 0.5) is 10.5 Å². The molecule has 0 spiro atoms. The molecule has 0 aliphatic rings. The van der Waals surface area contributed by atoms with Crippen molar-refractivity contribution in [2.45, 2.75) is 39.3 Å². The molecule has 1 rings (SSSR count). The quantitative estimate of drug-likeness (QED) is 0.749. The lowest BCUT2D eigenvalue weighted by molar-refractivity contribution is -0.00662. The summed E-state index contributed by atoms with van der Waals surface area (Å²) in [6.07, 6.45) is 0. The lowest BCUT2D eigenvalue weighted by atomic mass is 10.1. The molecule has 0 heterocycles. The van der Waals surface area contributed by atoms with Gasteiger partial charge in [-0.1, -0.05) is 12.1 Å². The molecule has 0 saturated carbocycles. The van der Waals surface area contributed by atoms with Gasteiger partial charge in [0.1, 0.15) is 0 Å². The van der Waals surface area contributed by atoms with Gasteiger partial charge >= 0.3 is 6.03 Å². The molecule has 0 fully saturated rings. The number of rotatable bonds is 6. The predicted octanol–water partition coefficient (Wildman–Crippen LogP) is 2.64. The topological polar surface area (TPSA) is 76.4 Å². The SMILES string of the molecule is CCOC(C)(C)CNC(=O)Nc1cccc(C(C)N)c1. The third-order valence-electron chi connectivity index (χ3n) is 2.88. The standard InChI is InChI=1S/C15H25N3O2/c1-5-20-15(3,4)10-17-14(19)18-13-8-6-7-12(9-13)11(2)16/h6-9,11H,5,10,16H2,1-4H3,(H2,17,18,19). The molecular weight excluding hydrogens is 254 g/mol. The largest absolute Gasteiger partial charge is 0.374 e. The summed E-state index contributed by atoms with van der Waals surface area (Å²) in [7, 11) is 0. The van der Waals surface area contributed by atoms with Gasteiger partial charge in [-0.25, -0.2) is 4.79 Å². The minimum Gasteiger partial charge on any atom is -0.374 e. The molecule has 5 heteroatoms. The summed E-state index contributed by atoms with van der Waals surface area (Å²) in [6, 6.07) is 7.21. The Labute approximate surface area is 120 Å². The second-order valence-electron chi connectivity index (χ2n) is 5.41.